The van der Waals surface area contributed by atoms with Crippen molar-refractivity contribution >= 4 is 5.91 Å². The number of hydrogen-bond donors (Lipinski definition) is 2. The van der Waals surface area contributed by atoms with Gasteiger partial charge in [-0.2, -0.15) is 0 Å². The molecule has 0 spiro atoms. The second-order valence-electron chi connectivity index (χ2n) is 4.99. The first-order valence-corrected chi connectivity index (χ1v) is 6.94. The third-order valence-corrected chi connectivity index (χ3v) is 3.62. The minimum Gasteiger partial charge on any atom is -0.481 e. The maximum atomic E-state index is 11.1. The Morgan fingerprint density at radius 2 is 2.37 bits per heavy atom. The van der Waals surface area contributed by atoms with E-state index >= 15 is 0 Å². The highest BCUT2D eigenvalue weighted by atomic mass is 16.5. The van der Waals surface area contributed by atoms with Crippen molar-refractivity contribution in [2.24, 2.45) is 5.73 Å². The van der Waals surface area contributed by atoms with Gasteiger partial charge in [0.2, 0.25) is 0 Å². The van der Waals surface area contributed by atoms with Crippen LogP contribution in [0.5, 0.6) is 5.75 Å². The summed E-state index contributed by atoms with van der Waals surface area (Å²) >= 11 is 0. The fourth-order valence-corrected chi connectivity index (χ4v) is 2.63. The van der Waals surface area contributed by atoms with E-state index in [1.165, 1.54) is 11.1 Å². The van der Waals surface area contributed by atoms with E-state index in [2.05, 4.69) is 18.3 Å². The minimum atomic E-state index is -0.592. The van der Waals surface area contributed by atoms with Crippen molar-refractivity contribution in [3.8, 4) is 5.75 Å². The summed E-state index contributed by atoms with van der Waals surface area (Å²) in [5.74, 6) is 0.364. The Balaban J connectivity index is 2.27. The first-order valence-electron chi connectivity index (χ1n) is 6.94. The van der Waals surface area contributed by atoms with Gasteiger partial charge in [0.15, 0.2) is 6.10 Å². The molecule has 19 heavy (non-hydrogen) atoms. The average Bonchev–Trinajstić information content (AvgIpc) is 2.40. The van der Waals surface area contributed by atoms with Gasteiger partial charge in [-0.1, -0.05) is 19.1 Å². The van der Waals surface area contributed by atoms with Crippen LogP contribution in [0.2, 0.25) is 0 Å². The zero-order valence-corrected chi connectivity index (χ0v) is 11.6. The second kappa shape index (κ2) is 6.06. The molecule has 0 fully saturated rings. The van der Waals surface area contributed by atoms with Crippen molar-refractivity contribution in [3.63, 3.8) is 0 Å². The summed E-state index contributed by atoms with van der Waals surface area (Å²) in [6, 6.07) is 6.44. The molecule has 0 bridgehead atoms. The van der Waals surface area contributed by atoms with E-state index in [-0.39, 0.29) is 0 Å². The molecule has 4 heteroatoms. The summed E-state index contributed by atoms with van der Waals surface area (Å²) < 4.78 is 5.70. The molecule has 0 aromatic heterocycles. The number of hydrogen-bond acceptors (Lipinski definition) is 3. The van der Waals surface area contributed by atoms with Crippen LogP contribution in [0.4, 0.5) is 0 Å². The summed E-state index contributed by atoms with van der Waals surface area (Å²) in [6.07, 6.45) is 2.69. The molecule has 1 aromatic carbocycles. The monoisotopic (exact) mass is 262 g/mol. The molecule has 0 saturated heterocycles. The van der Waals surface area contributed by atoms with Crippen LogP contribution >= 0.6 is 0 Å². The van der Waals surface area contributed by atoms with Gasteiger partial charge in [-0.05, 0) is 49.9 Å². The van der Waals surface area contributed by atoms with E-state index in [9.17, 15) is 4.79 Å². The van der Waals surface area contributed by atoms with Gasteiger partial charge >= 0.3 is 0 Å². The lowest BCUT2D eigenvalue weighted by molar-refractivity contribution is -0.124. The van der Waals surface area contributed by atoms with Crippen LogP contribution in [0.25, 0.3) is 0 Å². The topological polar surface area (TPSA) is 64.3 Å². The average molecular weight is 262 g/mol. The van der Waals surface area contributed by atoms with Gasteiger partial charge in [0.1, 0.15) is 5.75 Å². The number of carbonyl (C=O) groups is 1. The summed E-state index contributed by atoms with van der Waals surface area (Å²) in [6.45, 7) is 4.75. The molecule has 4 nitrogen and oxygen atoms in total. The van der Waals surface area contributed by atoms with Gasteiger partial charge in [-0.25, -0.2) is 0 Å². The summed E-state index contributed by atoms with van der Waals surface area (Å²) in [7, 11) is 0. The Kier molecular flexibility index (Phi) is 4.43. The van der Waals surface area contributed by atoms with Gasteiger partial charge in [0, 0.05) is 6.04 Å². The predicted octanol–water partition coefficient (Wildman–Crippen LogP) is 1.93. The smallest absolute Gasteiger partial charge is 0.258 e. The lowest BCUT2D eigenvalue weighted by Gasteiger charge is -2.28. The fourth-order valence-electron chi connectivity index (χ4n) is 2.63. The molecule has 104 valence electrons. The second-order valence-corrected chi connectivity index (χ2v) is 4.99. The maximum Gasteiger partial charge on any atom is 0.258 e. The number of amides is 1. The van der Waals surface area contributed by atoms with Gasteiger partial charge in [0.25, 0.3) is 5.91 Å². The van der Waals surface area contributed by atoms with Crippen LogP contribution in [-0.4, -0.2) is 18.6 Å². The highest BCUT2D eigenvalue weighted by molar-refractivity contribution is 5.78. The number of ether oxygens (including phenoxy) is 1. The zero-order chi connectivity index (χ0) is 13.8. The van der Waals surface area contributed by atoms with Crippen molar-refractivity contribution < 1.29 is 9.53 Å². The van der Waals surface area contributed by atoms with E-state index in [4.69, 9.17) is 10.5 Å². The molecule has 2 rings (SSSR count). The van der Waals surface area contributed by atoms with Crippen molar-refractivity contribution in [2.75, 3.05) is 6.54 Å². The molecule has 1 aromatic rings. The predicted molar refractivity (Wildman–Crippen MR) is 75.1 cm³/mol. The molecule has 0 aliphatic heterocycles. The van der Waals surface area contributed by atoms with E-state index < -0.39 is 12.0 Å². The zero-order valence-electron chi connectivity index (χ0n) is 11.6. The number of benzene rings is 1. The molecule has 0 radical (unpaired) electrons. The molecular weight excluding hydrogens is 240 g/mol. The Bertz CT molecular complexity index is 459. The Labute approximate surface area is 114 Å². The SMILES string of the molecule is CCNC1CCCc2c(OC(C)C(N)=O)cccc21. The van der Waals surface area contributed by atoms with Crippen molar-refractivity contribution in [1.82, 2.24) is 5.32 Å². The molecule has 2 atom stereocenters. The van der Waals surface area contributed by atoms with Gasteiger partial charge in [-0.3, -0.25) is 4.79 Å². The first-order chi connectivity index (χ1) is 9.13. The van der Waals surface area contributed by atoms with Crippen LogP contribution in [0.3, 0.4) is 0 Å². The van der Waals surface area contributed by atoms with Crippen molar-refractivity contribution in [1.29, 1.82) is 0 Å². The number of fused-ring (bicyclic) bond motifs is 1. The third kappa shape index (κ3) is 3.07. The van der Waals surface area contributed by atoms with Crippen molar-refractivity contribution in [3.05, 3.63) is 29.3 Å². The quantitative estimate of drug-likeness (QED) is 0.852. The highest BCUT2D eigenvalue weighted by Gasteiger charge is 2.23. The fraction of sp³-hybridized carbons (Fsp3) is 0.533. The molecular formula is C15H22N2O2. The third-order valence-electron chi connectivity index (χ3n) is 3.62. The molecule has 1 aliphatic carbocycles. The number of nitrogens with two attached hydrogens (primary N) is 1. The van der Waals surface area contributed by atoms with Crippen molar-refractivity contribution in [2.45, 2.75) is 45.3 Å². The lowest BCUT2D eigenvalue weighted by atomic mass is 9.87. The maximum absolute atomic E-state index is 11.1. The Morgan fingerprint density at radius 1 is 1.58 bits per heavy atom. The van der Waals surface area contributed by atoms with Crippen LogP contribution in [0.15, 0.2) is 18.2 Å². The van der Waals surface area contributed by atoms with Crippen LogP contribution in [0.1, 0.15) is 43.9 Å². The van der Waals surface area contributed by atoms with Crippen LogP contribution in [-0.2, 0) is 11.2 Å². The summed E-state index contributed by atoms with van der Waals surface area (Å²) in [5, 5.41) is 3.50. The lowest BCUT2D eigenvalue weighted by Crippen LogP contribution is -2.31. The van der Waals surface area contributed by atoms with Crippen LogP contribution in [0, 0.1) is 0 Å². The molecule has 1 amide bonds. The van der Waals surface area contributed by atoms with Gasteiger partial charge in [0.05, 0.1) is 0 Å². The number of nitrogens with one attached hydrogen (secondary N) is 1. The number of primary amides is 1. The standard InChI is InChI=1S/C15H22N2O2/c1-3-17-13-8-4-7-12-11(13)6-5-9-14(12)19-10(2)15(16)18/h5-6,9-10,13,17H,3-4,7-8H2,1-2H3,(H2,16,18). The first kappa shape index (κ1) is 13.9. The molecule has 0 heterocycles. The van der Waals surface area contributed by atoms with Crippen LogP contribution < -0.4 is 15.8 Å². The largest absolute Gasteiger partial charge is 0.481 e. The Hall–Kier alpha value is -1.55. The highest BCUT2D eigenvalue weighted by Crippen LogP contribution is 2.35. The normalized spacial score (nSPS) is 19.6. The van der Waals surface area contributed by atoms with E-state index in [0.29, 0.717) is 6.04 Å². The Morgan fingerprint density at radius 3 is 3.05 bits per heavy atom. The van der Waals surface area contributed by atoms with E-state index in [0.717, 1.165) is 31.6 Å². The molecule has 0 saturated carbocycles. The molecule has 3 N–H and O–H groups in total. The minimum absolute atomic E-state index is 0.390. The molecule has 2 unspecified atom stereocenters. The van der Waals surface area contributed by atoms with E-state index in [1.807, 2.05) is 12.1 Å². The summed E-state index contributed by atoms with van der Waals surface area (Å²) in [5.41, 5.74) is 7.77. The number of carbonyl (C=O) groups excluding carboxylic acids is 1. The van der Waals surface area contributed by atoms with Gasteiger partial charge in [-0.15, -0.1) is 0 Å². The number of rotatable bonds is 5. The molecule has 1 aliphatic rings. The van der Waals surface area contributed by atoms with E-state index in [1.54, 1.807) is 6.92 Å². The van der Waals surface area contributed by atoms with Gasteiger partial charge < -0.3 is 15.8 Å². The summed E-state index contributed by atoms with van der Waals surface area (Å²) in [4.78, 5) is 11.1.